The molecular weight excluding hydrogens is 222 g/mol. The number of fused-ring (bicyclic) bond motifs is 1. The molecule has 3 rings (SSSR count). The Hall–Kier alpha value is -1.35. The smallest absolute Gasteiger partial charge is 0.106 e. The van der Waals surface area contributed by atoms with E-state index in [1.807, 2.05) is 0 Å². The van der Waals surface area contributed by atoms with Gasteiger partial charge in [0.15, 0.2) is 0 Å². The van der Waals surface area contributed by atoms with Crippen molar-refractivity contribution in [2.45, 2.75) is 26.2 Å². The van der Waals surface area contributed by atoms with E-state index in [0.29, 0.717) is 0 Å². The van der Waals surface area contributed by atoms with E-state index < -0.39 is 0 Å². The standard InChI is InChI=1S/C15H21N3/c1-11-17-14-10-13(3-4-15(14)18(11)2)9-12-5-7-16-8-6-12/h3-4,10,12,16H,5-9H2,1-2H3. The molecule has 0 aliphatic carbocycles. The maximum absolute atomic E-state index is 4.62. The molecule has 3 nitrogen and oxygen atoms in total. The second kappa shape index (κ2) is 4.73. The van der Waals surface area contributed by atoms with Crippen LogP contribution in [0, 0.1) is 12.8 Å². The third-order valence-electron chi connectivity index (χ3n) is 4.15. The molecule has 1 fully saturated rings. The van der Waals surface area contributed by atoms with Crippen molar-refractivity contribution in [1.82, 2.24) is 14.9 Å². The number of benzene rings is 1. The van der Waals surface area contributed by atoms with Gasteiger partial charge >= 0.3 is 0 Å². The van der Waals surface area contributed by atoms with E-state index in [0.717, 1.165) is 17.3 Å². The zero-order valence-corrected chi connectivity index (χ0v) is 11.2. The van der Waals surface area contributed by atoms with E-state index in [-0.39, 0.29) is 0 Å². The summed E-state index contributed by atoms with van der Waals surface area (Å²) in [5, 5.41) is 3.43. The van der Waals surface area contributed by atoms with Gasteiger partial charge in [0.05, 0.1) is 11.0 Å². The molecule has 0 bridgehead atoms. The first kappa shape index (κ1) is 11.7. The first-order valence-corrected chi connectivity index (χ1v) is 6.87. The van der Waals surface area contributed by atoms with Crippen LogP contribution in [0.5, 0.6) is 0 Å². The summed E-state index contributed by atoms with van der Waals surface area (Å²) in [6, 6.07) is 6.75. The average Bonchev–Trinajstić information content (AvgIpc) is 2.66. The predicted molar refractivity (Wildman–Crippen MR) is 74.7 cm³/mol. The summed E-state index contributed by atoms with van der Waals surface area (Å²) in [6.45, 7) is 4.41. The van der Waals surface area contributed by atoms with Gasteiger partial charge in [0.25, 0.3) is 0 Å². The molecule has 0 atom stereocenters. The van der Waals surface area contributed by atoms with Gasteiger partial charge in [0.2, 0.25) is 0 Å². The highest BCUT2D eigenvalue weighted by Crippen LogP contribution is 2.21. The van der Waals surface area contributed by atoms with E-state index in [1.54, 1.807) is 0 Å². The van der Waals surface area contributed by atoms with Gasteiger partial charge in [-0.1, -0.05) is 6.07 Å². The summed E-state index contributed by atoms with van der Waals surface area (Å²) < 4.78 is 2.16. The van der Waals surface area contributed by atoms with Crippen molar-refractivity contribution in [3.63, 3.8) is 0 Å². The Morgan fingerprint density at radius 3 is 2.89 bits per heavy atom. The highest BCUT2D eigenvalue weighted by atomic mass is 15.0. The summed E-state index contributed by atoms with van der Waals surface area (Å²) in [6.07, 6.45) is 3.81. The number of rotatable bonds is 2. The van der Waals surface area contributed by atoms with E-state index in [9.17, 15) is 0 Å². The van der Waals surface area contributed by atoms with Crippen molar-refractivity contribution in [1.29, 1.82) is 0 Å². The number of hydrogen-bond donors (Lipinski definition) is 1. The molecule has 1 aliphatic rings. The van der Waals surface area contributed by atoms with Gasteiger partial charge in [0.1, 0.15) is 5.82 Å². The number of nitrogens with zero attached hydrogens (tertiary/aromatic N) is 2. The molecule has 0 amide bonds. The lowest BCUT2D eigenvalue weighted by molar-refractivity contribution is 0.373. The van der Waals surface area contributed by atoms with Crippen LogP contribution in [0.1, 0.15) is 24.2 Å². The minimum absolute atomic E-state index is 0.841. The summed E-state index contributed by atoms with van der Waals surface area (Å²) in [4.78, 5) is 4.62. The van der Waals surface area contributed by atoms with Gasteiger partial charge in [0, 0.05) is 7.05 Å². The van der Waals surface area contributed by atoms with Crippen LogP contribution < -0.4 is 5.32 Å². The van der Waals surface area contributed by atoms with Crippen molar-refractivity contribution in [3.05, 3.63) is 29.6 Å². The monoisotopic (exact) mass is 243 g/mol. The Balaban J connectivity index is 1.84. The number of imidazole rings is 1. The summed E-state index contributed by atoms with van der Waals surface area (Å²) in [7, 11) is 2.08. The molecule has 96 valence electrons. The molecule has 1 saturated heterocycles. The van der Waals surface area contributed by atoms with E-state index in [2.05, 4.69) is 47.0 Å². The Morgan fingerprint density at radius 2 is 2.11 bits per heavy atom. The third-order valence-corrected chi connectivity index (χ3v) is 4.15. The zero-order chi connectivity index (χ0) is 12.5. The van der Waals surface area contributed by atoms with Crippen molar-refractivity contribution in [2.75, 3.05) is 13.1 Å². The van der Waals surface area contributed by atoms with Gasteiger partial charge in [-0.15, -0.1) is 0 Å². The van der Waals surface area contributed by atoms with Gasteiger partial charge in [-0.3, -0.25) is 0 Å². The maximum atomic E-state index is 4.62. The lowest BCUT2D eigenvalue weighted by Gasteiger charge is -2.22. The van der Waals surface area contributed by atoms with Crippen LogP contribution in [0.4, 0.5) is 0 Å². The Labute approximate surface area is 108 Å². The lowest BCUT2D eigenvalue weighted by Crippen LogP contribution is -2.28. The average molecular weight is 243 g/mol. The van der Waals surface area contributed by atoms with Crippen LogP contribution in [-0.4, -0.2) is 22.6 Å². The molecule has 0 saturated carbocycles. The normalized spacial score (nSPS) is 17.4. The quantitative estimate of drug-likeness (QED) is 0.878. The SMILES string of the molecule is Cc1nc2cc(CC3CCNCC3)ccc2n1C. The van der Waals surface area contributed by atoms with Crippen LogP contribution in [0.25, 0.3) is 11.0 Å². The molecule has 1 aromatic carbocycles. The molecule has 0 unspecified atom stereocenters. The lowest BCUT2D eigenvalue weighted by atomic mass is 9.91. The fraction of sp³-hybridized carbons (Fsp3) is 0.533. The van der Waals surface area contributed by atoms with Gasteiger partial charge in [-0.2, -0.15) is 0 Å². The van der Waals surface area contributed by atoms with Gasteiger partial charge in [-0.25, -0.2) is 4.98 Å². The van der Waals surface area contributed by atoms with E-state index in [4.69, 9.17) is 0 Å². The molecule has 0 spiro atoms. The summed E-state index contributed by atoms with van der Waals surface area (Å²) >= 11 is 0. The molecule has 1 aliphatic heterocycles. The highest BCUT2D eigenvalue weighted by molar-refractivity contribution is 5.76. The number of aromatic nitrogens is 2. The van der Waals surface area contributed by atoms with E-state index >= 15 is 0 Å². The first-order chi connectivity index (χ1) is 8.74. The maximum Gasteiger partial charge on any atom is 0.106 e. The Morgan fingerprint density at radius 1 is 1.33 bits per heavy atom. The molecule has 18 heavy (non-hydrogen) atoms. The van der Waals surface area contributed by atoms with Crippen molar-refractivity contribution in [2.24, 2.45) is 13.0 Å². The van der Waals surface area contributed by atoms with Gasteiger partial charge in [-0.05, 0) is 62.9 Å². The Bertz CT molecular complexity index is 550. The highest BCUT2D eigenvalue weighted by Gasteiger charge is 2.14. The molecular formula is C15H21N3. The molecule has 1 aromatic heterocycles. The fourth-order valence-corrected chi connectivity index (χ4v) is 2.91. The number of piperidine rings is 1. The number of nitrogens with one attached hydrogen (secondary N) is 1. The fourth-order valence-electron chi connectivity index (χ4n) is 2.91. The van der Waals surface area contributed by atoms with E-state index in [1.165, 1.54) is 43.4 Å². The van der Waals surface area contributed by atoms with Crippen LogP contribution >= 0.6 is 0 Å². The zero-order valence-electron chi connectivity index (χ0n) is 11.2. The minimum Gasteiger partial charge on any atom is -0.331 e. The minimum atomic E-state index is 0.841. The molecule has 0 radical (unpaired) electrons. The molecule has 2 aromatic rings. The number of aryl methyl sites for hydroxylation is 2. The van der Waals surface area contributed by atoms with Crippen LogP contribution in [0.15, 0.2) is 18.2 Å². The van der Waals surface area contributed by atoms with Gasteiger partial charge < -0.3 is 9.88 Å². The third kappa shape index (κ3) is 2.15. The van der Waals surface area contributed by atoms with Crippen molar-refractivity contribution >= 4 is 11.0 Å². The topological polar surface area (TPSA) is 29.9 Å². The summed E-state index contributed by atoms with van der Waals surface area (Å²) in [5.41, 5.74) is 3.82. The van der Waals surface area contributed by atoms with Crippen LogP contribution in [0.3, 0.4) is 0 Å². The first-order valence-electron chi connectivity index (χ1n) is 6.87. The van der Waals surface area contributed by atoms with Crippen molar-refractivity contribution in [3.8, 4) is 0 Å². The second-order valence-electron chi connectivity index (χ2n) is 5.44. The van der Waals surface area contributed by atoms with Crippen LogP contribution in [0.2, 0.25) is 0 Å². The molecule has 2 heterocycles. The molecule has 1 N–H and O–H groups in total. The number of hydrogen-bond acceptors (Lipinski definition) is 2. The van der Waals surface area contributed by atoms with Crippen LogP contribution in [-0.2, 0) is 13.5 Å². The Kier molecular flexibility index (Phi) is 3.08. The summed E-state index contributed by atoms with van der Waals surface area (Å²) in [5.74, 6) is 1.93. The second-order valence-corrected chi connectivity index (χ2v) is 5.44. The largest absolute Gasteiger partial charge is 0.331 e. The molecule has 3 heteroatoms. The predicted octanol–water partition coefficient (Wildman–Crippen LogP) is 2.42. The van der Waals surface area contributed by atoms with Crippen molar-refractivity contribution < 1.29 is 0 Å².